The fourth-order valence-electron chi connectivity index (χ4n) is 3.31. The molecule has 0 saturated carbocycles. The molecule has 0 bridgehead atoms. The summed E-state index contributed by atoms with van der Waals surface area (Å²) in [5, 5.41) is 3.40. The Bertz CT molecular complexity index is 379. The topological polar surface area (TPSA) is 75.4 Å². The van der Waals surface area contributed by atoms with Gasteiger partial charge in [-0.1, -0.05) is 6.92 Å². The van der Waals surface area contributed by atoms with E-state index in [1.165, 1.54) is 12.8 Å². The Morgan fingerprint density at radius 3 is 2.80 bits per heavy atom. The number of carbonyl (C=O) groups excluding carboxylic acids is 2. The van der Waals surface area contributed by atoms with E-state index in [0.29, 0.717) is 37.8 Å². The van der Waals surface area contributed by atoms with Crippen molar-refractivity contribution in [2.24, 2.45) is 23.0 Å². The highest BCUT2D eigenvalue weighted by Gasteiger charge is 2.40. The molecule has 3 atom stereocenters. The molecule has 2 fully saturated rings. The number of likely N-dealkylation sites (tertiary alicyclic amines) is 1. The average Bonchev–Trinajstić information content (AvgIpc) is 2.84. The number of nitrogens with two attached hydrogens (primary N) is 1. The van der Waals surface area contributed by atoms with Crippen LogP contribution in [0.5, 0.6) is 0 Å². The second-order valence-corrected chi connectivity index (χ2v) is 6.78. The van der Waals surface area contributed by atoms with Gasteiger partial charge in [-0.3, -0.25) is 9.59 Å². The number of nitrogens with one attached hydrogen (secondary N) is 1. The van der Waals surface area contributed by atoms with Gasteiger partial charge in [0.25, 0.3) is 0 Å². The van der Waals surface area contributed by atoms with Crippen LogP contribution in [0.15, 0.2) is 0 Å². The highest BCUT2D eigenvalue weighted by Crippen LogP contribution is 2.31. The van der Waals surface area contributed by atoms with Crippen molar-refractivity contribution < 1.29 is 9.59 Å². The molecule has 2 rings (SSSR count). The zero-order chi connectivity index (χ0) is 14.8. The van der Waals surface area contributed by atoms with Crippen LogP contribution in [0.4, 0.5) is 0 Å². The summed E-state index contributed by atoms with van der Waals surface area (Å²) >= 11 is 0. The number of carbonyl (C=O) groups is 2. The standard InChI is InChI=1S/C15H27N3O2/c1-11(12-4-3-6-17-9-12)8-13(19)18-7-5-15(2,10-18)14(16)20/h11-12,17H,3-10H2,1-2H3,(H2,16,20). The van der Waals surface area contributed by atoms with Gasteiger partial charge in [-0.15, -0.1) is 0 Å². The van der Waals surface area contributed by atoms with Gasteiger partial charge in [0.15, 0.2) is 0 Å². The predicted octanol–water partition coefficient (Wildman–Crippen LogP) is 0.736. The lowest BCUT2D eigenvalue weighted by Gasteiger charge is -2.29. The van der Waals surface area contributed by atoms with Crippen LogP contribution in [0.1, 0.15) is 39.5 Å². The summed E-state index contributed by atoms with van der Waals surface area (Å²) in [5.41, 5.74) is 4.89. The smallest absolute Gasteiger partial charge is 0.225 e. The number of primary amides is 1. The van der Waals surface area contributed by atoms with Gasteiger partial charge in [0.05, 0.1) is 5.41 Å². The molecular weight excluding hydrogens is 254 g/mol. The fraction of sp³-hybridized carbons (Fsp3) is 0.867. The minimum Gasteiger partial charge on any atom is -0.369 e. The van der Waals surface area contributed by atoms with E-state index in [-0.39, 0.29) is 11.8 Å². The Morgan fingerprint density at radius 2 is 2.25 bits per heavy atom. The third-order valence-corrected chi connectivity index (χ3v) is 5.06. The molecule has 0 aromatic carbocycles. The summed E-state index contributed by atoms with van der Waals surface area (Å²) in [4.78, 5) is 25.6. The first-order valence-electron chi connectivity index (χ1n) is 7.71. The maximum Gasteiger partial charge on any atom is 0.225 e. The summed E-state index contributed by atoms with van der Waals surface area (Å²) in [6.45, 7) is 7.29. The number of amides is 2. The molecular formula is C15H27N3O2. The third kappa shape index (κ3) is 3.32. The lowest BCUT2D eigenvalue weighted by atomic mass is 9.85. The number of hydrogen-bond donors (Lipinski definition) is 2. The van der Waals surface area contributed by atoms with Crippen molar-refractivity contribution in [3.8, 4) is 0 Å². The normalized spacial score (nSPS) is 32.1. The van der Waals surface area contributed by atoms with Gasteiger partial charge in [0.2, 0.25) is 11.8 Å². The Labute approximate surface area is 121 Å². The Hall–Kier alpha value is -1.10. The molecule has 0 aromatic heterocycles. The monoisotopic (exact) mass is 281 g/mol. The Kier molecular flexibility index (Phi) is 4.68. The molecule has 5 heteroatoms. The van der Waals surface area contributed by atoms with Crippen LogP contribution < -0.4 is 11.1 Å². The van der Waals surface area contributed by atoms with E-state index in [9.17, 15) is 9.59 Å². The molecule has 20 heavy (non-hydrogen) atoms. The van der Waals surface area contributed by atoms with Crippen molar-refractivity contribution in [2.45, 2.75) is 39.5 Å². The van der Waals surface area contributed by atoms with Gasteiger partial charge in [0, 0.05) is 19.5 Å². The van der Waals surface area contributed by atoms with E-state index < -0.39 is 5.41 Å². The van der Waals surface area contributed by atoms with Crippen molar-refractivity contribution in [1.29, 1.82) is 0 Å². The Balaban J connectivity index is 1.84. The van der Waals surface area contributed by atoms with E-state index >= 15 is 0 Å². The van der Waals surface area contributed by atoms with Gasteiger partial charge in [-0.2, -0.15) is 0 Å². The highest BCUT2D eigenvalue weighted by molar-refractivity contribution is 5.83. The van der Waals surface area contributed by atoms with Gasteiger partial charge in [0.1, 0.15) is 0 Å². The molecule has 3 N–H and O–H groups in total. The Morgan fingerprint density at radius 1 is 1.50 bits per heavy atom. The zero-order valence-electron chi connectivity index (χ0n) is 12.7. The number of nitrogens with zero attached hydrogens (tertiary/aromatic N) is 1. The molecule has 0 spiro atoms. The maximum atomic E-state index is 12.4. The van der Waals surface area contributed by atoms with Crippen LogP contribution >= 0.6 is 0 Å². The van der Waals surface area contributed by atoms with Gasteiger partial charge in [-0.25, -0.2) is 0 Å². The fourth-order valence-corrected chi connectivity index (χ4v) is 3.31. The molecule has 0 radical (unpaired) electrons. The minimum atomic E-state index is -0.536. The number of hydrogen-bond acceptors (Lipinski definition) is 3. The summed E-state index contributed by atoms with van der Waals surface area (Å²) in [7, 11) is 0. The maximum absolute atomic E-state index is 12.4. The van der Waals surface area contributed by atoms with E-state index in [1.807, 2.05) is 11.8 Å². The summed E-state index contributed by atoms with van der Waals surface area (Å²) < 4.78 is 0. The molecule has 2 heterocycles. The summed E-state index contributed by atoms with van der Waals surface area (Å²) in [6.07, 6.45) is 3.68. The molecule has 2 aliphatic heterocycles. The van der Waals surface area contributed by atoms with Crippen LogP contribution in [0.2, 0.25) is 0 Å². The predicted molar refractivity (Wildman–Crippen MR) is 77.9 cm³/mol. The zero-order valence-corrected chi connectivity index (χ0v) is 12.7. The minimum absolute atomic E-state index is 0.174. The van der Waals surface area contributed by atoms with Crippen molar-refractivity contribution in [3.63, 3.8) is 0 Å². The highest BCUT2D eigenvalue weighted by atomic mass is 16.2. The van der Waals surface area contributed by atoms with Gasteiger partial charge in [-0.05, 0) is 51.1 Å². The van der Waals surface area contributed by atoms with Crippen molar-refractivity contribution in [1.82, 2.24) is 10.2 Å². The van der Waals surface area contributed by atoms with Crippen LogP contribution in [0.25, 0.3) is 0 Å². The van der Waals surface area contributed by atoms with E-state index in [1.54, 1.807) is 0 Å². The molecule has 2 aliphatic rings. The number of piperidine rings is 1. The van der Waals surface area contributed by atoms with E-state index in [0.717, 1.165) is 13.1 Å². The van der Waals surface area contributed by atoms with Crippen molar-refractivity contribution in [3.05, 3.63) is 0 Å². The molecule has 0 aliphatic carbocycles. The van der Waals surface area contributed by atoms with Crippen LogP contribution in [-0.2, 0) is 9.59 Å². The first-order chi connectivity index (χ1) is 9.42. The molecule has 0 aromatic rings. The quantitative estimate of drug-likeness (QED) is 0.798. The van der Waals surface area contributed by atoms with Gasteiger partial charge >= 0.3 is 0 Å². The lowest BCUT2D eigenvalue weighted by Crippen LogP contribution is -2.40. The van der Waals surface area contributed by atoms with Gasteiger partial charge < -0.3 is 16.0 Å². The van der Waals surface area contributed by atoms with Crippen molar-refractivity contribution >= 4 is 11.8 Å². The van der Waals surface area contributed by atoms with Crippen LogP contribution in [0, 0.1) is 17.3 Å². The largest absolute Gasteiger partial charge is 0.369 e. The molecule has 3 unspecified atom stereocenters. The summed E-state index contributed by atoms with van der Waals surface area (Å²) in [6, 6.07) is 0. The van der Waals surface area contributed by atoms with E-state index in [4.69, 9.17) is 5.73 Å². The lowest BCUT2D eigenvalue weighted by molar-refractivity contribution is -0.132. The SMILES string of the molecule is CC(CC(=O)N1CCC(C)(C(N)=O)C1)C1CCCNC1. The summed E-state index contributed by atoms with van der Waals surface area (Å²) in [5.74, 6) is 0.874. The number of rotatable bonds is 4. The van der Waals surface area contributed by atoms with E-state index in [2.05, 4.69) is 12.2 Å². The first-order valence-corrected chi connectivity index (χ1v) is 7.71. The van der Waals surface area contributed by atoms with Crippen LogP contribution in [-0.4, -0.2) is 42.9 Å². The third-order valence-electron chi connectivity index (χ3n) is 5.06. The second kappa shape index (κ2) is 6.12. The van der Waals surface area contributed by atoms with Crippen molar-refractivity contribution in [2.75, 3.05) is 26.2 Å². The molecule has 114 valence electrons. The molecule has 2 saturated heterocycles. The molecule has 5 nitrogen and oxygen atoms in total. The van der Waals surface area contributed by atoms with Crippen LogP contribution in [0.3, 0.4) is 0 Å². The first kappa shape index (κ1) is 15.3. The second-order valence-electron chi connectivity index (χ2n) is 6.78. The average molecular weight is 281 g/mol. The molecule has 2 amide bonds.